The monoisotopic (exact) mass is 771 g/mol. The summed E-state index contributed by atoms with van der Waals surface area (Å²) in [5.41, 5.74) is -5.01. The Morgan fingerprint density at radius 3 is 2.56 bits per heavy atom. The standard InChI is InChI=1S/C39H46FNO14/c1-35(2)54-32-20-27-26-11-10-24-19-25(42)14-15-36(24,3)38(26,40)30(43)21-37(27,4)39(32,55-35)31(44)22-51-34(46)53-28-12-8-23(18-29(28)49-5)9-13-33(45)50-16-6-7-17-52-41(47)48/h8-10,12-15,18,26-27,30,32,43H,6-7,11,16-17,19-22H2,1-5H3/t26?,27-,30-,32+,36-,37-,38-,39+/m0/s1. The summed E-state index contributed by atoms with van der Waals surface area (Å²) in [6, 6.07) is 4.43. The lowest BCUT2D eigenvalue weighted by molar-refractivity contribution is -0.757. The van der Waals surface area contributed by atoms with E-state index in [0.29, 0.717) is 24.0 Å². The summed E-state index contributed by atoms with van der Waals surface area (Å²) >= 11 is 0. The number of ether oxygens (including phenoxy) is 6. The second-order valence-electron chi connectivity index (χ2n) is 15.6. The number of benzene rings is 1. The highest BCUT2D eigenvalue weighted by molar-refractivity contribution is 5.94. The van der Waals surface area contributed by atoms with Gasteiger partial charge in [-0.1, -0.05) is 30.7 Å². The van der Waals surface area contributed by atoms with Gasteiger partial charge in [-0.25, -0.2) is 14.0 Å². The van der Waals surface area contributed by atoms with E-state index in [9.17, 15) is 34.4 Å². The first-order valence-electron chi connectivity index (χ1n) is 18.2. The van der Waals surface area contributed by atoms with Crippen LogP contribution in [-0.2, 0) is 38.2 Å². The summed E-state index contributed by atoms with van der Waals surface area (Å²) in [6.07, 6.45) is 5.09. The van der Waals surface area contributed by atoms with Gasteiger partial charge in [-0.05, 0) is 88.6 Å². The first kappa shape index (κ1) is 40.0. The highest BCUT2D eigenvalue weighted by atomic mass is 19.1. The Morgan fingerprint density at radius 1 is 1.09 bits per heavy atom. The Morgan fingerprint density at radius 2 is 1.84 bits per heavy atom. The van der Waals surface area contributed by atoms with Gasteiger partial charge >= 0.3 is 12.1 Å². The Labute approximate surface area is 316 Å². The van der Waals surface area contributed by atoms with Crippen molar-refractivity contribution in [3.05, 3.63) is 63.8 Å². The predicted molar refractivity (Wildman–Crippen MR) is 189 cm³/mol. The summed E-state index contributed by atoms with van der Waals surface area (Å²) in [6.45, 7) is 6.04. The molecule has 0 aromatic heterocycles. The van der Waals surface area contributed by atoms with Crippen LogP contribution < -0.4 is 9.47 Å². The van der Waals surface area contributed by atoms with Gasteiger partial charge < -0.3 is 38.4 Å². The number of nitrogens with zero attached hydrogens (tertiary/aromatic N) is 1. The lowest BCUT2D eigenvalue weighted by atomic mass is 9.45. The molecule has 3 fully saturated rings. The third kappa shape index (κ3) is 6.92. The average molecular weight is 772 g/mol. The number of allylic oxidation sites excluding steroid dienone is 4. The van der Waals surface area contributed by atoms with Crippen LogP contribution in [0.3, 0.4) is 0 Å². The van der Waals surface area contributed by atoms with Gasteiger partial charge in [-0.3, -0.25) is 9.59 Å². The van der Waals surface area contributed by atoms with Crippen LogP contribution in [0.5, 0.6) is 11.5 Å². The molecule has 1 aromatic rings. The van der Waals surface area contributed by atoms with Crippen molar-refractivity contribution in [1.29, 1.82) is 0 Å². The molecule has 1 aliphatic heterocycles. The van der Waals surface area contributed by atoms with Crippen molar-refractivity contribution in [2.75, 3.05) is 26.9 Å². The number of carbonyl (C=O) groups is 4. The molecule has 298 valence electrons. The zero-order valence-electron chi connectivity index (χ0n) is 31.4. The maximum absolute atomic E-state index is 17.7. The molecule has 1 saturated heterocycles. The second kappa shape index (κ2) is 14.8. The summed E-state index contributed by atoms with van der Waals surface area (Å²) in [4.78, 5) is 66.1. The SMILES string of the molecule is COc1cc(C=CC(=O)OCCCCO[N+](=O)[O-])ccc1OC(=O)OCC(=O)[C@@]12OC(C)(C)O[C@@H]1C[C@H]1C3CC=C4CC(=O)C=C[C@]4(C)[C@@]3(F)[C@@H](O)C[C@@]12C. The lowest BCUT2D eigenvalue weighted by Crippen LogP contribution is -2.69. The fourth-order valence-corrected chi connectivity index (χ4v) is 9.67. The van der Waals surface area contributed by atoms with Gasteiger partial charge in [0.25, 0.3) is 5.09 Å². The number of ketones is 2. The lowest BCUT2D eigenvalue weighted by Gasteiger charge is -2.62. The van der Waals surface area contributed by atoms with E-state index in [1.165, 1.54) is 43.5 Å². The molecule has 1 heterocycles. The van der Waals surface area contributed by atoms with Gasteiger partial charge in [0.1, 0.15) is 0 Å². The molecule has 2 saturated carbocycles. The molecule has 0 amide bonds. The smallest absolute Gasteiger partial charge is 0.493 e. The molecule has 1 aromatic carbocycles. The zero-order chi connectivity index (χ0) is 40.0. The molecule has 1 N–H and O–H groups in total. The Hall–Kier alpha value is -4.67. The van der Waals surface area contributed by atoms with Crippen molar-refractivity contribution in [3.63, 3.8) is 0 Å². The molecular weight excluding hydrogens is 725 g/mol. The van der Waals surface area contributed by atoms with Gasteiger partial charge in [-0.2, -0.15) is 0 Å². The average Bonchev–Trinajstić information content (AvgIpc) is 3.54. The molecule has 5 aliphatic rings. The highest BCUT2D eigenvalue weighted by Crippen LogP contribution is 2.72. The van der Waals surface area contributed by atoms with Crippen LogP contribution in [0.2, 0.25) is 0 Å². The normalized spacial score (nSPS) is 34.1. The summed E-state index contributed by atoms with van der Waals surface area (Å²) in [5.74, 6) is -3.71. The zero-order valence-corrected chi connectivity index (χ0v) is 31.4. The van der Waals surface area contributed by atoms with Gasteiger partial charge in [0, 0.05) is 29.2 Å². The minimum absolute atomic E-state index is 0.0338. The van der Waals surface area contributed by atoms with E-state index in [1.54, 1.807) is 26.8 Å². The van der Waals surface area contributed by atoms with E-state index in [4.69, 9.17) is 28.4 Å². The number of esters is 1. The summed E-state index contributed by atoms with van der Waals surface area (Å²) < 4.78 is 51.6. The number of unbranched alkanes of at least 4 members (excludes halogenated alkanes) is 1. The topological polar surface area (TPSA) is 196 Å². The quantitative estimate of drug-likeness (QED) is 0.0523. The van der Waals surface area contributed by atoms with E-state index < -0.39 is 81.5 Å². The van der Waals surface area contributed by atoms with Gasteiger partial charge in [0.15, 0.2) is 40.9 Å². The number of halogens is 1. The fourth-order valence-electron chi connectivity index (χ4n) is 9.67. The molecule has 0 spiro atoms. The number of aliphatic hydroxyl groups excluding tert-OH is 1. The summed E-state index contributed by atoms with van der Waals surface area (Å²) in [7, 11) is 1.34. The first-order valence-corrected chi connectivity index (χ1v) is 18.2. The number of methoxy groups -OCH3 is 1. The number of aliphatic hydroxyl groups is 1. The molecule has 6 rings (SSSR count). The van der Waals surface area contributed by atoms with E-state index in [0.717, 1.165) is 0 Å². The largest absolute Gasteiger partial charge is 0.514 e. The molecule has 15 nitrogen and oxygen atoms in total. The van der Waals surface area contributed by atoms with Crippen molar-refractivity contribution in [2.24, 2.45) is 22.7 Å². The molecule has 1 unspecified atom stereocenters. The van der Waals surface area contributed by atoms with Gasteiger partial charge in [0.2, 0.25) is 5.78 Å². The van der Waals surface area contributed by atoms with Crippen molar-refractivity contribution in [1.82, 2.24) is 0 Å². The predicted octanol–water partition coefficient (Wildman–Crippen LogP) is 5.20. The molecule has 0 radical (unpaired) electrons. The third-order valence-corrected chi connectivity index (χ3v) is 12.1. The highest BCUT2D eigenvalue weighted by Gasteiger charge is 2.80. The molecule has 0 bridgehead atoms. The molecular formula is C39H46FNO14. The maximum atomic E-state index is 17.7. The second-order valence-corrected chi connectivity index (χ2v) is 15.6. The van der Waals surface area contributed by atoms with Crippen molar-refractivity contribution < 1.29 is 67.0 Å². The van der Waals surface area contributed by atoms with E-state index >= 15 is 4.39 Å². The van der Waals surface area contributed by atoms with Gasteiger partial charge in [0.05, 0.1) is 32.5 Å². The van der Waals surface area contributed by atoms with Crippen LogP contribution in [0.15, 0.2) is 48.1 Å². The van der Waals surface area contributed by atoms with E-state index in [1.807, 2.05) is 13.0 Å². The maximum Gasteiger partial charge on any atom is 0.514 e. The molecule has 4 aliphatic carbocycles. The van der Waals surface area contributed by atoms with Crippen LogP contribution in [0.25, 0.3) is 6.08 Å². The number of rotatable bonds is 13. The number of alkyl halides is 1. The fraction of sp³-hybridized carbons (Fsp3) is 0.590. The molecule has 8 atom stereocenters. The van der Waals surface area contributed by atoms with Crippen LogP contribution in [0, 0.1) is 32.8 Å². The Kier molecular flexibility index (Phi) is 10.7. The van der Waals surface area contributed by atoms with Gasteiger partial charge in [-0.15, -0.1) is 10.1 Å². The third-order valence-electron chi connectivity index (χ3n) is 12.1. The van der Waals surface area contributed by atoms with E-state index in [-0.39, 0.29) is 56.2 Å². The number of Topliss-reactive ketones (excluding diaryl/α,β-unsaturated/α-hetero) is 1. The molecule has 55 heavy (non-hydrogen) atoms. The van der Waals surface area contributed by atoms with Crippen molar-refractivity contribution in [2.45, 2.75) is 95.5 Å². The van der Waals surface area contributed by atoms with Crippen LogP contribution in [0.4, 0.5) is 9.18 Å². The van der Waals surface area contributed by atoms with Crippen molar-refractivity contribution >= 4 is 29.8 Å². The van der Waals surface area contributed by atoms with E-state index in [2.05, 4.69) is 4.84 Å². The van der Waals surface area contributed by atoms with Crippen LogP contribution in [-0.4, -0.2) is 90.1 Å². The minimum atomic E-state index is -2.12. The first-order chi connectivity index (χ1) is 25.9. The number of fused-ring (bicyclic) bond motifs is 7. The Balaban J connectivity index is 1.12. The molecule has 16 heteroatoms. The minimum Gasteiger partial charge on any atom is -0.493 e. The Bertz CT molecular complexity index is 1840. The number of carbonyl (C=O) groups excluding carboxylic acids is 4. The van der Waals surface area contributed by atoms with Crippen molar-refractivity contribution in [3.8, 4) is 11.5 Å². The van der Waals surface area contributed by atoms with Crippen LogP contribution in [0.1, 0.15) is 71.8 Å². The summed E-state index contributed by atoms with van der Waals surface area (Å²) in [5, 5.41) is 21.1. The number of hydrogen-bond donors (Lipinski definition) is 1. The number of hydrogen-bond acceptors (Lipinski definition) is 14. The van der Waals surface area contributed by atoms with Crippen LogP contribution >= 0.6 is 0 Å².